The highest BCUT2D eigenvalue weighted by Gasteiger charge is 2.49. The molecule has 134 valence electrons. The Labute approximate surface area is 152 Å². The molecule has 0 saturated carbocycles. The quantitative estimate of drug-likeness (QED) is 0.812. The van der Waals surface area contributed by atoms with Gasteiger partial charge in [0.2, 0.25) is 5.91 Å². The van der Waals surface area contributed by atoms with Crippen molar-refractivity contribution >= 4 is 17.8 Å². The lowest BCUT2D eigenvalue weighted by atomic mass is 9.92. The van der Waals surface area contributed by atoms with Crippen molar-refractivity contribution in [2.75, 3.05) is 6.54 Å². The average molecular weight is 351 g/mol. The van der Waals surface area contributed by atoms with Crippen molar-refractivity contribution in [2.45, 2.75) is 25.4 Å². The Bertz CT molecular complexity index is 823. The maximum Gasteiger partial charge on any atom is 0.325 e. The zero-order chi connectivity index (χ0) is 18.7. The molecule has 2 N–H and O–H groups in total. The molecule has 6 heteroatoms. The summed E-state index contributed by atoms with van der Waals surface area (Å²) in [5.74, 6) is -0.821. The van der Waals surface area contributed by atoms with Gasteiger partial charge in [-0.2, -0.15) is 0 Å². The zero-order valence-corrected chi connectivity index (χ0v) is 14.7. The molecular formula is C20H21N3O3. The van der Waals surface area contributed by atoms with E-state index in [9.17, 15) is 14.4 Å². The maximum absolute atomic E-state index is 12.8. The molecule has 1 fully saturated rings. The molecule has 0 bridgehead atoms. The van der Waals surface area contributed by atoms with Crippen LogP contribution in [0.15, 0.2) is 60.7 Å². The molecule has 2 aromatic rings. The summed E-state index contributed by atoms with van der Waals surface area (Å²) >= 11 is 0. The van der Waals surface area contributed by atoms with Crippen LogP contribution in [0, 0.1) is 0 Å². The van der Waals surface area contributed by atoms with Crippen LogP contribution >= 0.6 is 0 Å². The van der Waals surface area contributed by atoms with E-state index in [1.807, 2.05) is 43.3 Å². The SMILES string of the molecule is C[C@H](NC(=O)CN1C(=O)N[C@](C)(c2ccccc2)C1=O)c1ccccc1. The molecule has 0 radical (unpaired) electrons. The Morgan fingerprint density at radius 1 is 1.08 bits per heavy atom. The molecule has 3 rings (SSSR count). The average Bonchev–Trinajstić information content (AvgIpc) is 2.87. The van der Waals surface area contributed by atoms with E-state index in [0.29, 0.717) is 5.56 Å². The van der Waals surface area contributed by atoms with Gasteiger partial charge >= 0.3 is 6.03 Å². The molecule has 0 aliphatic carbocycles. The summed E-state index contributed by atoms with van der Waals surface area (Å²) in [5, 5.41) is 5.51. The zero-order valence-electron chi connectivity index (χ0n) is 14.7. The van der Waals surface area contributed by atoms with E-state index in [0.717, 1.165) is 10.5 Å². The molecule has 0 unspecified atom stereocenters. The molecule has 0 spiro atoms. The molecule has 6 nitrogen and oxygen atoms in total. The Balaban J connectivity index is 1.69. The number of carbonyl (C=O) groups excluding carboxylic acids is 3. The second-order valence-electron chi connectivity index (χ2n) is 6.51. The van der Waals surface area contributed by atoms with E-state index in [2.05, 4.69) is 10.6 Å². The van der Waals surface area contributed by atoms with Gasteiger partial charge in [0.1, 0.15) is 12.1 Å². The molecule has 2 atom stereocenters. The number of hydrogen-bond acceptors (Lipinski definition) is 3. The van der Waals surface area contributed by atoms with Gasteiger partial charge in [0, 0.05) is 0 Å². The van der Waals surface area contributed by atoms with Crippen molar-refractivity contribution in [3.05, 3.63) is 71.8 Å². The summed E-state index contributed by atoms with van der Waals surface area (Å²) in [6.45, 7) is 3.19. The lowest BCUT2D eigenvalue weighted by molar-refractivity contribution is -0.135. The predicted molar refractivity (Wildman–Crippen MR) is 97.0 cm³/mol. The normalized spacial score (nSPS) is 20.6. The molecule has 1 saturated heterocycles. The van der Waals surface area contributed by atoms with Gasteiger partial charge in [-0.15, -0.1) is 0 Å². The van der Waals surface area contributed by atoms with Crippen LogP contribution in [0.5, 0.6) is 0 Å². The smallest absolute Gasteiger partial charge is 0.325 e. The van der Waals surface area contributed by atoms with Crippen LogP contribution in [0.2, 0.25) is 0 Å². The fraction of sp³-hybridized carbons (Fsp3) is 0.250. The first kappa shape index (κ1) is 17.7. The van der Waals surface area contributed by atoms with Crippen molar-refractivity contribution in [1.29, 1.82) is 0 Å². The standard InChI is InChI=1S/C20H21N3O3/c1-14(15-9-5-3-6-10-15)21-17(24)13-23-18(25)20(2,22-19(23)26)16-11-7-4-8-12-16/h3-12,14H,13H2,1-2H3,(H,21,24)(H,22,26)/t14-,20+/m0/s1. The molecule has 0 aromatic heterocycles. The predicted octanol–water partition coefficient (Wildman–Crippen LogP) is 2.33. The second kappa shape index (κ2) is 7.00. The first-order valence-electron chi connectivity index (χ1n) is 8.46. The molecule has 26 heavy (non-hydrogen) atoms. The second-order valence-corrected chi connectivity index (χ2v) is 6.51. The fourth-order valence-electron chi connectivity index (χ4n) is 3.06. The maximum atomic E-state index is 12.8. The number of urea groups is 1. The number of nitrogens with zero attached hydrogens (tertiary/aromatic N) is 1. The topological polar surface area (TPSA) is 78.5 Å². The highest BCUT2D eigenvalue weighted by molar-refractivity contribution is 6.09. The molecule has 1 heterocycles. The first-order valence-corrected chi connectivity index (χ1v) is 8.46. The number of rotatable bonds is 5. The van der Waals surface area contributed by atoms with Crippen LogP contribution < -0.4 is 10.6 Å². The summed E-state index contributed by atoms with van der Waals surface area (Å²) in [6.07, 6.45) is 0. The minimum absolute atomic E-state index is 0.218. The minimum Gasteiger partial charge on any atom is -0.348 e. The van der Waals surface area contributed by atoms with Crippen molar-refractivity contribution in [2.24, 2.45) is 0 Å². The van der Waals surface area contributed by atoms with Crippen LogP contribution in [0.3, 0.4) is 0 Å². The van der Waals surface area contributed by atoms with E-state index in [1.165, 1.54) is 0 Å². The fourth-order valence-corrected chi connectivity index (χ4v) is 3.06. The van der Waals surface area contributed by atoms with Gasteiger partial charge in [-0.1, -0.05) is 60.7 Å². The van der Waals surface area contributed by atoms with Crippen molar-refractivity contribution < 1.29 is 14.4 Å². The number of nitrogens with one attached hydrogen (secondary N) is 2. The Hall–Kier alpha value is -3.15. The summed E-state index contributed by atoms with van der Waals surface area (Å²) in [5.41, 5.74) is 0.468. The minimum atomic E-state index is -1.16. The Kier molecular flexibility index (Phi) is 4.75. The van der Waals surface area contributed by atoms with Gasteiger partial charge in [0.15, 0.2) is 0 Å². The highest BCUT2D eigenvalue weighted by Crippen LogP contribution is 2.28. The summed E-state index contributed by atoms with van der Waals surface area (Å²) in [6, 6.07) is 17.7. The van der Waals surface area contributed by atoms with Gasteiger partial charge in [-0.05, 0) is 25.0 Å². The number of hydrogen-bond donors (Lipinski definition) is 2. The van der Waals surface area contributed by atoms with Crippen LogP contribution in [0.1, 0.15) is 31.0 Å². The van der Waals surface area contributed by atoms with E-state index in [-0.39, 0.29) is 18.5 Å². The molecular weight excluding hydrogens is 330 g/mol. The first-order chi connectivity index (χ1) is 12.4. The summed E-state index contributed by atoms with van der Waals surface area (Å²) in [7, 11) is 0. The lowest BCUT2D eigenvalue weighted by Gasteiger charge is -2.22. The number of benzene rings is 2. The number of amides is 4. The van der Waals surface area contributed by atoms with Crippen LogP contribution in [0.25, 0.3) is 0 Å². The third-order valence-corrected chi connectivity index (χ3v) is 4.60. The van der Waals surface area contributed by atoms with Crippen LogP contribution in [0.4, 0.5) is 4.79 Å². The van der Waals surface area contributed by atoms with Crippen molar-refractivity contribution in [3.63, 3.8) is 0 Å². The Morgan fingerprint density at radius 2 is 1.65 bits per heavy atom. The van der Waals surface area contributed by atoms with E-state index in [1.54, 1.807) is 31.2 Å². The molecule has 2 aromatic carbocycles. The van der Waals surface area contributed by atoms with Gasteiger partial charge in [0.25, 0.3) is 5.91 Å². The Morgan fingerprint density at radius 3 is 2.27 bits per heavy atom. The summed E-state index contributed by atoms with van der Waals surface area (Å²) < 4.78 is 0. The highest BCUT2D eigenvalue weighted by atomic mass is 16.2. The molecule has 1 aliphatic heterocycles. The van der Waals surface area contributed by atoms with E-state index >= 15 is 0 Å². The van der Waals surface area contributed by atoms with Gasteiger partial charge in [0.05, 0.1) is 6.04 Å². The van der Waals surface area contributed by atoms with Gasteiger partial charge in [-0.3, -0.25) is 14.5 Å². The largest absolute Gasteiger partial charge is 0.348 e. The molecule has 4 amide bonds. The monoisotopic (exact) mass is 351 g/mol. The van der Waals surface area contributed by atoms with E-state index < -0.39 is 17.5 Å². The van der Waals surface area contributed by atoms with Gasteiger partial charge < -0.3 is 10.6 Å². The molecule has 1 aliphatic rings. The lowest BCUT2D eigenvalue weighted by Crippen LogP contribution is -2.43. The van der Waals surface area contributed by atoms with E-state index in [4.69, 9.17) is 0 Å². The van der Waals surface area contributed by atoms with Crippen LogP contribution in [-0.2, 0) is 15.1 Å². The third-order valence-electron chi connectivity index (χ3n) is 4.60. The van der Waals surface area contributed by atoms with Crippen molar-refractivity contribution in [3.8, 4) is 0 Å². The summed E-state index contributed by atoms with van der Waals surface area (Å²) in [4.78, 5) is 38.4. The van der Waals surface area contributed by atoms with Crippen LogP contribution in [-0.4, -0.2) is 29.3 Å². The van der Waals surface area contributed by atoms with Crippen molar-refractivity contribution in [1.82, 2.24) is 15.5 Å². The third kappa shape index (κ3) is 3.31. The number of carbonyl (C=O) groups is 3. The van der Waals surface area contributed by atoms with Gasteiger partial charge in [-0.25, -0.2) is 4.79 Å². The number of imide groups is 1.